The van der Waals surface area contributed by atoms with E-state index in [2.05, 4.69) is 20.5 Å². The summed E-state index contributed by atoms with van der Waals surface area (Å²) < 4.78 is 54.5. The molecular weight excluding hydrogens is 534 g/mol. The summed E-state index contributed by atoms with van der Waals surface area (Å²) in [5.41, 5.74) is -0.104. The van der Waals surface area contributed by atoms with E-state index in [1.807, 2.05) is 0 Å². The van der Waals surface area contributed by atoms with Gasteiger partial charge in [0.25, 0.3) is 5.91 Å². The van der Waals surface area contributed by atoms with Crippen LogP contribution in [0.15, 0.2) is 59.7 Å². The number of hydrogen-bond acceptors (Lipinski definition) is 6. The molecule has 2 aromatic carbocycles. The van der Waals surface area contributed by atoms with Crippen molar-refractivity contribution in [3.63, 3.8) is 0 Å². The summed E-state index contributed by atoms with van der Waals surface area (Å²) in [7, 11) is 0. The van der Waals surface area contributed by atoms with Crippen LogP contribution in [-0.4, -0.2) is 65.6 Å². The smallest absolute Gasteiger partial charge is 0.382 e. The normalized spacial score (nSPS) is 12.5. The molecule has 15 heteroatoms. The van der Waals surface area contributed by atoms with Gasteiger partial charge in [0.2, 0.25) is 0 Å². The van der Waals surface area contributed by atoms with Gasteiger partial charge in [0.05, 0.1) is 17.8 Å². The number of benzene rings is 2. The standard InChI is InChI=1S/C23H20ClF4N7O3/c24-15-7-5-14(6-8-15)20-32-34(22(38)33(20)11-18(36)23(26,27)28)12-19-30-13-35(31-19)17-4-2-1-3-16(17)21(37)29-10-9-25/h1-8,13,18,36H,9-12H2,(H,29,37)/t18-/m0/s1. The Labute approximate surface area is 217 Å². The molecule has 2 heterocycles. The molecule has 2 aromatic heterocycles. The van der Waals surface area contributed by atoms with E-state index in [0.717, 1.165) is 4.68 Å². The summed E-state index contributed by atoms with van der Waals surface area (Å²) in [6.07, 6.45) is -6.48. The minimum atomic E-state index is -4.96. The van der Waals surface area contributed by atoms with Crippen LogP contribution >= 0.6 is 11.6 Å². The van der Waals surface area contributed by atoms with Crippen LogP contribution in [-0.2, 0) is 13.1 Å². The maximum absolute atomic E-state index is 13.0. The third-order valence-electron chi connectivity index (χ3n) is 5.36. The number of aliphatic hydroxyl groups excluding tert-OH is 1. The molecule has 0 aliphatic heterocycles. The molecule has 0 aliphatic rings. The maximum Gasteiger partial charge on any atom is 0.416 e. The van der Waals surface area contributed by atoms with Crippen molar-refractivity contribution in [1.29, 1.82) is 0 Å². The molecule has 1 amide bonds. The van der Waals surface area contributed by atoms with E-state index in [-0.39, 0.29) is 30.3 Å². The Kier molecular flexibility index (Phi) is 7.92. The monoisotopic (exact) mass is 553 g/mol. The van der Waals surface area contributed by atoms with Gasteiger partial charge in [-0.15, -0.1) is 10.2 Å². The summed E-state index contributed by atoms with van der Waals surface area (Å²) in [5, 5.41) is 20.8. The van der Waals surface area contributed by atoms with Crippen molar-refractivity contribution in [3.05, 3.63) is 81.8 Å². The zero-order valence-electron chi connectivity index (χ0n) is 19.4. The lowest BCUT2D eigenvalue weighted by molar-refractivity contribution is -0.207. The highest BCUT2D eigenvalue weighted by Crippen LogP contribution is 2.24. The lowest BCUT2D eigenvalue weighted by Crippen LogP contribution is -2.37. The SMILES string of the molecule is O=C(NCCF)c1ccccc1-n1cnc(Cn2nc(-c3ccc(Cl)cc3)n(C[C@H](O)C(F)(F)F)c2=O)n1. The average Bonchev–Trinajstić information content (AvgIpc) is 3.47. The number of hydrogen-bond donors (Lipinski definition) is 2. The number of aromatic nitrogens is 6. The van der Waals surface area contributed by atoms with Gasteiger partial charge in [0.15, 0.2) is 17.8 Å². The number of aliphatic hydroxyl groups is 1. The van der Waals surface area contributed by atoms with Crippen molar-refractivity contribution in [3.8, 4) is 17.1 Å². The van der Waals surface area contributed by atoms with Crippen LogP contribution in [0, 0.1) is 0 Å². The topological polar surface area (TPSA) is 120 Å². The van der Waals surface area contributed by atoms with E-state index in [9.17, 15) is 32.3 Å². The molecular formula is C23H20ClF4N7O3. The minimum absolute atomic E-state index is 0.0646. The zero-order chi connectivity index (χ0) is 27.4. The molecule has 0 spiro atoms. The van der Waals surface area contributed by atoms with Crippen molar-refractivity contribution in [2.45, 2.75) is 25.4 Å². The molecule has 200 valence electrons. The van der Waals surface area contributed by atoms with Gasteiger partial charge in [-0.05, 0) is 36.4 Å². The highest BCUT2D eigenvalue weighted by Gasteiger charge is 2.39. The first-order valence-electron chi connectivity index (χ1n) is 11.1. The number of alkyl halides is 4. The predicted octanol–water partition coefficient (Wildman–Crippen LogP) is 2.62. The van der Waals surface area contributed by atoms with E-state index in [1.54, 1.807) is 18.2 Å². The zero-order valence-corrected chi connectivity index (χ0v) is 20.2. The van der Waals surface area contributed by atoms with Gasteiger partial charge < -0.3 is 10.4 Å². The average molecular weight is 554 g/mol. The van der Waals surface area contributed by atoms with Gasteiger partial charge in [-0.2, -0.15) is 13.2 Å². The molecule has 0 unspecified atom stereocenters. The highest BCUT2D eigenvalue weighted by atomic mass is 35.5. The van der Waals surface area contributed by atoms with Crippen LogP contribution in [0.4, 0.5) is 17.6 Å². The van der Waals surface area contributed by atoms with Gasteiger partial charge in [-0.1, -0.05) is 23.7 Å². The molecule has 0 saturated carbocycles. The Morgan fingerprint density at radius 2 is 1.82 bits per heavy atom. The van der Waals surface area contributed by atoms with Gasteiger partial charge in [0, 0.05) is 17.1 Å². The van der Waals surface area contributed by atoms with E-state index in [0.29, 0.717) is 20.8 Å². The van der Waals surface area contributed by atoms with Crippen LogP contribution < -0.4 is 11.0 Å². The summed E-state index contributed by atoms with van der Waals surface area (Å²) in [5.74, 6) is -0.583. The summed E-state index contributed by atoms with van der Waals surface area (Å²) >= 11 is 5.89. The summed E-state index contributed by atoms with van der Waals surface area (Å²) in [4.78, 5) is 29.5. The Morgan fingerprint density at radius 3 is 2.50 bits per heavy atom. The van der Waals surface area contributed by atoms with Gasteiger partial charge >= 0.3 is 11.9 Å². The van der Waals surface area contributed by atoms with Crippen LogP contribution in [0.3, 0.4) is 0 Å². The van der Waals surface area contributed by atoms with Crippen LogP contribution in [0.5, 0.6) is 0 Å². The van der Waals surface area contributed by atoms with Crippen molar-refractivity contribution < 1.29 is 27.5 Å². The van der Waals surface area contributed by atoms with Gasteiger partial charge in [-0.3, -0.25) is 9.36 Å². The third kappa shape index (κ3) is 5.92. The quantitative estimate of drug-likeness (QED) is 0.308. The number of carbonyl (C=O) groups is 1. The van der Waals surface area contributed by atoms with Crippen LogP contribution in [0.25, 0.3) is 17.1 Å². The fourth-order valence-electron chi connectivity index (χ4n) is 3.54. The minimum Gasteiger partial charge on any atom is -0.382 e. The van der Waals surface area contributed by atoms with Gasteiger partial charge in [-0.25, -0.2) is 23.5 Å². The summed E-state index contributed by atoms with van der Waals surface area (Å²) in [6.45, 7) is -2.30. The van der Waals surface area contributed by atoms with E-state index in [4.69, 9.17) is 11.6 Å². The van der Waals surface area contributed by atoms with Crippen LogP contribution in [0.1, 0.15) is 16.2 Å². The molecule has 0 aliphatic carbocycles. The highest BCUT2D eigenvalue weighted by molar-refractivity contribution is 6.30. The van der Waals surface area contributed by atoms with Gasteiger partial charge in [0.1, 0.15) is 19.5 Å². The third-order valence-corrected chi connectivity index (χ3v) is 5.62. The number of carbonyl (C=O) groups excluding carboxylic acids is 1. The molecule has 0 fully saturated rings. The lowest BCUT2D eigenvalue weighted by atomic mass is 10.1. The number of halogens is 5. The number of nitrogens with one attached hydrogen (secondary N) is 1. The molecule has 0 bridgehead atoms. The van der Waals surface area contributed by atoms with Crippen molar-refractivity contribution in [2.75, 3.05) is 13.2 Å². The molecule has 0 radical (unpaired) electrons. The van der Waals surface area contributed by atoms with E-state index >= 15 is 0 Å². The largest absolute Gasteiger partial charge is 0.416 e. The number of rotatable bonds is 9. The molecule has 0 saturated heterocycles. The molecule has 2 N–H and O–H groups in total. The second-order valence-corrected chi connectivity index (χ2v) is 8.44. The molecule has 4 aromatic rings. The number of amides is 1. The molecule has 1 atom stereocenters. The molecule has 4 rings (SSSR count). The molecule has 38 heavy (non-hydrogen) atoms. The fraction of sp³-hybridized carbons (Fsp3) is 0.261. The second-order valence-electron chi connectivity index (χ2n) is 8.01. The predicted molar refractivity (Wildman–Crippen MR) is 128 cm³/mol. The Bertz CT molecular complexity index is 1480. The van der Waals surface area contributed by atoms with Crippen molar-refractivity contribution in [2.24, 2.45) is 0 Å². The number of para-hydroxylation sites is 1. The Balaban J connectivity index is 1.67. The maximum atomic E-state index is 13.0. The molecule has 10 nitrogen and oxygen atoms in total. The summed E-state index contributed by atoms with van der Waals surface area (Å²) in [6, 6.07) is 12.3. The first-order valence-corrected chi connectivity index (χ1v) is 11.5. The van der Waals surface area contributed by atoms with Crippen LogP contribution in [0.2, 0.25) is 5.02 Å². The van der Waals surface area contributed by atoms with Crippen molar-refractivity contribution >= 4 is 17.5 Å². The Hall–Kier alpha value is -4.04. The van der Waals surface area contributed by atoms with Crippen molar-refractivity contribution in [1.82, 2.24) is 34.4 Å². The first kappa shape index (κ1) is 27.0. The Morgan fingerprint density at radius 1 is 1.11 bits per heavy atom. The lowest BCUT2D eigenvalue weighted by Gasteiger charge is -2.15. The number of nitrogens with zero attached hydrogens (tertiary/aromatic N) is 6. The van der Waals surface area contributed by atoms with E-state index < -0.39 is 37.1 Å². The van der Waals surface area contributed by atoms with E-state index in [1.165, 1.54) is 41.3 Å². The fourth-order valence-corrected chi connectivity index (χ4v) is 3.66. The second kappa shape index (κ2) is 11.1. The first-order chi connectivity index (χ1) is 18.1.